The highest BCUT2D eigenvalue weighted by atomic mass is 16.3. The van der Waals surface area contributed by atoms with E-state index in [0.717, 1.165) is 72.1 Å². The molecule has 8 aromatic carbocycles. The molecule has 0 spiro atoms. The number of hydrogen-bond donors (Lipinski definition) is 0. The van der Waals surface area contributed by atoms with Gasteiger partial charge in [-0.1, -0.05) is 91.0 Å². The molecule has 0 aliphatic carbocycles. The van der Waals surface area contributed by atoms with Crippen molar-refractivity contribution in [2.45, 2.75) is 0 Å². The number of anilines is 3. The van der Waals surface area contributed by atoms with Crippen LogP contribution in [0.4, 0.5) is 17.1 Å². The highest BCUT2D eigenvalue weighted by molar-refractivity contribution is 6.16. The number of para-hydroxylation sites is 4. The summed E-state index contributed by atoms with van der Waals surface area (Å²) in [6, 6.07) is 61.4. The summed E-state index contributed by atoms with van der Waals surface area (Å²) in [6.07, 6.45) is 0. The zero-order valence-corrected chi connectivity index (χ0v) is 27.9. The third-order valence-corrected chi connectivity index (χ3v) is 10.2. The number of fused-ring (bicyclic) bond motifs is 8. The number of nitrogens with zero attached hydrogens (tertiary/aromatic N) is 3. The Bertz CT molecular complexity index is 3140. The minimum atomic E-state index is 0.586. The fourth-order valence-corrected chi connectivity index (χ4v) is 7.85. The van der Waals surface area contributed by atoms with Crippen molar-refractivity contribution in [2.24, 2.45) is 0 Å². The van der Waals surface area contributed by atoms with Gasteiger partial charge in [0.05, 0.1) is 28.1 Å². The average molecular weight is 668 g/mol. The van der Waals surface area contributed by atoms with Crippen molar-refractivity contribution in [3.63, 3.8) is 0 Å². The molecule has 11 aromatic rings. The Morgan fingerprint density at radius 3 is 2.08 bits per heavy atom. The van der Waals surface area contributed by atoms with Crippen molar-refractivity contribution in [1.29, 1.82) is 0 Å². The number of hydrogen-bond acceptors (Lipinski definition) is 4. The van der Waals surface area contributed by atoms with Crippen LogP contribution in [0.15, 0.2) is 185 Å². The summed E-state index contributed by atoms with van der Waals surface area (Å²) in [5, 5.41) is 6.87. The topological polar surface area (TPSA) is 47.3 Å². The molecule has 0 unspecified atom stereocenters. The molecule has 5 nitrogen and oxygen atoms in total. The Morgan fingerprint density at radius 2 is 1.19 bits per heavy atom. The molecule has 0 N–H and O–H groups in total. The van der Waals surface area contributed by atoms with Crippen LogP contribution in [0.25, 0.3) is 82.8 Å². The Kier molecular flexibility index (Phi) is 6.18. The fourth-order valence-electron chi connectivity index (χ4n) is 7.85. The summed E-state index contributed by atoms with van der Waals surface area (Å²) in [5.74, 6) is 0.586. The molecule has 244 valence electrons. The molecular formula is C47H29N3O2. The predicted octanol–water partition coefficient (Wildman–Crippen LogP) is 13.1. The van der Waals surface area contributed by atoms with Gasteiger partial charge in [-0.15, -0.1) is 0 Å². The van der Waals surface area contributed by atoms with Crippen molar-refractivity contribution in [3.05, 3.63) is 176 Å². The molecule has 0 saturated carbocycles. The lowest BCUT2D eigenvalue weighted by atomic mass is 10.0. The Labute approximate surface area is 298 Å². The second-order valence-electron chi connectivity index (χ2n) is 13.2. The summed E-state index contributed by atoms with van der Waals surface area (Å²) in [4.78, 5) is 7.24. The van der Waals surface area contributed by atoms with Crippen LogP contribution in [0.3, 0.4) is 0 Å². The van der Waals surface area contributed by atoms with Gasteiger partial charge in [0.25, 0.3) is 0 Å². The molecule has 0 radical (unpaired) electrons. The van der Waals surface area contributed by atoms with Gasteiger partial charge in [0.15, 0.2) is 5.58 Å². The highest BCUT2D eigenvalue weighted by Crippen LogP contribution is 2.46. The van der Waals surface area contributed by atoms with Crippen LogP contribution in [-0.2, 0) is 0 Å². The SMILES string of the molecule is c1ccc(-c2nc3cccc(N(c4ccc5c(c4)oc4ccccc45)c4cccc5cc6c7ccccc7n(-c7ccccc7)c6cc45)c3o2)cc1. The van der Waals surface area contributed by atoms with Crippen LogP contribution in [0.1, 0.15) is 0 Å². The molecule has 11 rings (SSSR count). The van der Waals surface area contributed by atoms with Gasteiger partial charge in [-0.2, -0.15) is 0 Å². The molecule has 52 heavy (non-hydrogen) atoms. The van der Waals surface area contributed by atoms with E-state index in [-0.39, 0.29) is 0 Å². The highest BCUT2D eigenvalue weighted by Gasteiger charge is 2.23. The summed E-state index contributed by atoms with van der Waals surface area (Å²) in [5.41, 5.74) is 10.4. The van der Waals surface area contributed by atoms with Gasteiger partial charge in [-0.05, 0) is 84.2 Å². The van der Waals surface area contributed by atoms with E-state index in [4.69, 9.17) is 13.8 Å². The monoisotopic (exact) mass is 667 g/mol. The molecule has 0 aliphatic heterocycles. The number of oxazole rings is 1. The van der Waals surface area contributed by atoms with Crippen molar-refractivity contribution >= 4 is 82.7 Å². The van der Waals surface area contributed by atoms with E-state index in [9.17, 15) is 0 Å². The minimum Gasteiger partial charge on any atom is -0.456 e. The van der Waals surface area contributed by atoms with Crippen LogP contribution in [0.2, 0.25) is 0 Å². The van der Waals surface area contributed by atoms with E-state index in [1.165, 1.54) is 16.3 Å². The summed E-state index contributed by atoms with van der Waals surface area (Å²) < 4.78 is 15.5. The standard InChI is InChI=1S/C47H29N3O2/c1-3-13-30(14-4-1)47-48-39-20-12-23-42(46(39)52-47)50(33-25-26-36-35-19-8-10-24-44(35)51-45(36)28-33)41-22-11-15-31-27-38-34-18-7-9-21-40(34)49(43(38)29-37(31)41)32-16-5-2-6-17-32/h1-29H. The Balaban J connectivity index is 1.21. The molecule has 0 amide bonds. The zero-order chi connectivity index (χ0) is 34.2. The smallest absolute Gasteiger partial charge is 0.227 e. The number of benzene rings is 8. The zero-order valence-electron chi connectivity index (χ0n) is 27.9. The Morgan fingerprint density at radius 1 is 0.462 bits per heavy atom. The van der Waals surface area contributed by atoms with Crippen LogP contribution >= 0.6 is 0 Å². The molecule has 3 heterocycles. The third-order valence-electron chi connectivity index (χ3n) is 10.2. The molecule has 3 aromatic heterocycles. The number of aromatic nitrogens is 2. The van der Waals surface area contributed by atoms with Gasteiger partial charge in [0, 0.05) is 44.2 Å². The first kappa shape index (κ1) is 28.7. The van der Waals surface area contributed by atoms with Gasteiger partial charge in [-0.25, -0.2) is 4.98 Å². The lowest BCUT2D eigenvalue weighted by Gasteiger charge is -2.27. The minimum absolute atomic E-state index is 0.586. The van der Waals surface area contributed by atoms with E-state index < -0.39 is 0 Å². The lowest BCUT2D eigenvalue weighted by molar-refractivity contribution is 0.620. The lowest BCUT2D eigenvalue weighted by Crippen LogP contribution is -2.10. The van der Waals surface area contributed by atoms with Crippen molar-refractivity contribution in [2.75, 3.05) is 4.90 Å². The number of furan rings is 1. The summed E-state index contributed by atoms with van der Waals surface area (Å²) >= 11 is 0. The van der Waals surface area contributed by atoms with E-state index in [0.29, 0.717) is 11.5 Å². The quantitative estimate of drug-likeness (QED) is 0.183. The first-order valence-electron chi connectivity index (χ1n) is 17.5. The maximum absolute atomic E-state index is 6.66. The van der Waals surface area contributed by atoms with E-state index in [1.807, 2.05) is 48.5 Å². The van der Waals surface area contributed by atoms with Crippen LogP contribution in [0, 0.1) is 0 Å². The van der Waals surface area contributed by atoms with Crippen LogP contribution < -0.4 is 4.90 Å². The largest absolute Gasteiger partial charge is 0.456 e. The maximum atomic E-state index is 6.66. The second kappa shape index (κ2) is 11.2. The van der Waals surface area contributed by atoms with Gasteiger partial charge >= 0.3 is 0 Å². The van der Waals surface area contributed by atoms with Crippen LogP contribution in [0.5, 0.6) is 0 Å². The van der Waals surface area contributed by atoms with Crippen LogP contribution in [-0.4, -0.2) is 9.55 Å². The van der Waals surface area contributed by atoms with E-state index in [2.05, 4.69) is 137 Å². The van der Waals surface area contributed by atoms with Gasteiger partial charge in [-0.3, -0.25) is 0 Å². The Hall–Kier alpha value is -7.11. The predicted molar refractivity (Wildman–Crippen MR) is 213 cm³/mol. The average Bonchev–Trinajstić information content (AvgIpc) is 3.90. The summed E-state index contributed by atoms with van der Waals surface area (Å²) in [6.45, 7) is 0. The molecular weight excluding hydrogens is 639 g/mol. The molecule has 0 saturated heterocycles. The fraction of sp³-hybridized carbons (Fsp3) is 0. The van der Waals surface area contributed by atoms with Gasteiger partial charge in [0.2, 0.25) is 5.89 Å². The molecule has 0 aliphatic rings. The van der Waals surface area contributed by atoms with Crippen molar-refractivity contribution < 1.29 is 8.83 Å². The second-order valence-corrected chi connectivity index (χ2v) is 13.2. The molecule has 0 atom stereocenters. The third kappa shape index (κ3) is 4.33. The normalized spacial score (nSPS) is 11.8. The van der Waals surface area contributed by atoms with E-state index >= 15 is 0 Å². The molecule has 0 bridgehead atoms. The summed E-state index contributed by atoms with van der Waals surface area (Å²) in [7, 11) is 0. The first-order valence-corrected chi connectivity index (χ1v) is 17.5. The molecule has 5 heteroatoms. The molecule has 0 fully saturated rings. The van der Waals surface area contributed by atoms with Crippen molar-refractivity contribution in [3.8, 4) is 17.1 Å². The van der Waals surface area contributed by atoms with Gasteiger partial charge < -0.3 is 18.3 Å². The van der Waals surface area contributed by atoms with Gasteiger partial charge in [0.1, 0.15) is 16.7 Å². The van der Waals surface area contributed by atoms with Crippen molar-refractivity contribution in [1.82, 2.24) is 9.55 Å². The maximum Gasteiger partial charge on any atom is 0.227 e. The number of rotatable bonds is 5. The first-order chi connectivity index (χ1) is 25.8. The van der Waals surface area contributed by atoms with E-state index in [1.54, 1.807) is 0 Å².